The minimum absolute atomic E-state index is 0.0587. The third-order valence-corrected chi connectivity index (χ3v) is 5.81. The van der Waals surface area contributed by atoms with Crippen LogP contribution in [0.2, 0.25) is 5.02 Å². The van der Waals surface area contributed by atoms with Crippen LogP contribution < -0.4 is 10.6 Å². The Balaban J connectivity index is 2.21. The van der Waals surface area contributed by atoms with Gasteiger partial charge in [-0.05, 0) is 30.5 Å². The second-order valence-electron chi connectivity index (χ2n) is 6.03. The molecule has 1 aliphatic carbocycles. The van der Waals surface area contributed by atoms with Gasteiger partial charge in [-0.15, -0.1) is 0 Å². The number of hydrogen-bond acceptors (Lipinski definition) is 5. The molecule has 3 amide bonds. The topological polar surface area (TPSA) is 102 Å². The fourth-order valence-corrected chi connectivity index (χ4v) is 4.31. The fraction of sp³-hybridized carbons (Fsp3) is 0.500. The number of amides is 3. The van der Waals surface area contributed by atoms with E-state index in [1.165, 1.54) is 13.1 Å². The number of imide groups is 1. The summed E-state index contributed by atoms with van der Waals surface area (Å²) in [5.74, 6) is -0.551. The number of carbonyl (C=O) groups is 2. The number of urea groups is 1. The van der Waals surface area contributed by atoms with Gasteiger partial charge in [0.1, 0.15) is 6.61 Å². The van der Waals surface area contributed by atoms with E-state index >= 15 is 0 Å². The van der Waals surface area contributed by atoms with E-state index < -0.39 is 27.4 Å². The molecule has 2 N–H and O–H groups in total. The van der Waals surface area contributed by atoms with Crippen molar-refractivity contribution >= 4 is 33.4 Å². The van der Waals surface area contributed by atoms with E-state index in [9.17, 15) is 18.0 Å². The Labute approximate surface area is 152 Å². The highest BCUT2D eigenvalue weighted by Crippen LogP contribution is 2.43. The second-order valence-corrected chi connectivity index (χ2v) is 8.43. The van der Waals surface area contributed by atoms with E-state index in [4.69, 9.17) is 16.3 Å². The van der Waals surface area contributed by atoms with Gasteiger partial charge < -0.3 is 10.1 Å². The molecule has 0 heterocycles. The standard InChI is InChI=1S/C16H21ClN2O5S/c1-18-15(21)19-14(20)10-24-16(7-3-4-8-16)11-5-6-13(12(17)9-11)25(2,22)23/h5-6,9H,3-4,7-8,10H2,1-2H3,(H2,18,19,20,21). The number of hydrogen-bond donors (Lipinski definition) is 2. The molecular weight excluding hydrogens is 368 g/mol. The molecule has 1 fully saturated rings. The molecular formula is C16H21ClN2O5S. The Morgan fingerprint density at radius 1 is 1.28 bits per heavy atom. The van der Waals surface area contributed by atoms with Gasteiger partial charge in [0.15, 0.2) is 9.84 Å². The van der Waals surface area contributed by atoms with Crippen LogP contribution in [0.3, 0.4) is 0 Å². The molecule has 1 aromatic rings. The first-order valence-corrected chi connectivity index (χ1v) is 10.1. The number of carbonyl (C=O) groups excluding carboxylic acids is 2. The lowest BCUT2D eigenvalue weighted by atomic mass is 9.92. The van der Waals surface area contributed by atoms with E-state index in [2.05, 4.69) is 10.6 Å². The number of nitrogens with one attached hydrogen (secondary N) is 2. The summed E-state index contributed by atoms with van der Waals surface area (Å²) >= 11 is 6.14. The average molecular weight is 389 g/mol. The molecule has 25 heavy (non-hydrogen) atoms. The lowest BCUT2D eigenvalue weighted by Gasteiger charge is -2.30. The molecule has 0 aliphatic heterocycles. The van der Waals surface area contributed by atoms with Gasteiger partial charge in [-0.2, -0.15) is 0 Å². The lowest BCUT2D eigenvalue weighted by Crippen LogP contribution is -2.41. The largest absolute Gasteiger partial charge is 0.360 e. The summed E-state index contributed by atoms with van der Waals surface area (Å²) in [5, 5.41) is 4.56. The lowest BCUT2D eigenvalue weighted by molar-refractivity contribution is -0.132. The summed E-state index contributed by atoms with van der Waals surface area (Å²) < 4.78 is 29.3. The zero-order chi connectivity index (χ0) is 18.7. The van der Waals surface area contributed by atoms with Gasteiger partial charge in [0.2, 0.25) is 0 Å². The van der Waals surface area contributed by atoms with Crippen LogP contribution in [0.15, 0.2) is 23.1 Å². The first kappa shape index (κ1) is 19.7. The molecule has 2 rings (SSSR count). The van der Waals surface area contributed by atoms with Crippen molar-refractivity contribution in [3.8, 4) is 0 Å². The van der Waals surface area contributed by atoms with Gasteiger partial charge in [0.05, 0.1) is 15.5 Å². The Morgan fingerprint density at radius 3 is 2.44 bits per heavy atom. The van der Waals surface area contributed by atoms with E-state index in [1.807, 2.05) is 0 Å². The van der Waals surface area contributed by atoms with Crippen LogP contribution >= 0.6 is 11.6 Å². The number of rotatable bonds is 5. The maximum absolute atomic E-state index is 11.8. The third kappa shape index (κ3) is 4.71. The summed E-state index contributed by atoms with van der Waals surface area (Å²) in [6.07, 6.45) is 4.31. The summed E-state index contributed by atoms with van der Waals surface area (Å²) in [6, 6.07) is 4.11. The molecule has 7 nitrogen and oxygen atoms in total. The van der Waals surface area contributed by atoms with Crippen molar-refractivity contribution < 1.29 is 22.7 Å². The molecule has 1 saturated carbocycles. The summed E-state index contributed by atoms with van der Waals surface area (Å²) in [5.41, 5.74) is 0.0230. The van der Waals surface area contributed by atoms with Crippen LogP contribution in [0, 0.1) is 0 Å². The van der Waals surface area contributed by atoms with Crippen molar-refractivity contribution in [2.24, 2.45) is 0 Å². The van der Waals surface area contributed by atoms with Crippen molar-refractivity contribution in [1.82, 2.24) is 10.6 Å². The summed E-state index contributed by atoms with van der Waals surface area (Å²) in [6.45, 7) is -0.279. The van der Waals surface area contributed by atoms with Crippen molar-refractivity contribution in [3.05, 3.63) is 28.8 Å². The van der Waals surface area contributed by atoms with Crippen LogP contribution in [0.4, 0.5) is 4.79 Å². The predicted octanol–water partition coefficient (Wildman–Crippen LogP) is 1.99. The van der Waals surface area contributed by atoms with Crippen LogP contribution in [0.1, 0.15) is 31.2 Å². The quantitative estimate of drug-likeness (QED) is 0.803. The van der Waals surface area contributed by atoms with Gasteiger partial charge in [-0.3, -0.25) is 10.1 Å². The maximum atomic E-state index is 11.8. The van der Waals surface area contributed by atoms with Gasteiger partial charge in [0, 0.05) is 13.3 Å². The molecule has 0 saturated heterocycles. The molecule has 0 bridgehead atoms. The molecule has 0 atom stereocenters. The van der Waals surface area contributed by atoms with Gasteiger partial charge in [-0.1, -0.05) is 30.5 Å². The molecule has 0 spiro atoms. The van der Waals surface area contributed by atoms with Crippen molar-refractivity contribution in [2.45, 2.75) is 36.2 Å². The first-order valence-electron chi connectivity index (χ1n) is 7.83. The van der Waals surface area contributed by atoms with E-state index in [1.54, 1.807) is 12.1 Å². The highest BCUT2D eigenvalue weighted by Gasteiger charge is 2.38. The van der Waals surface area contributed by atoms with E-state index in [0.29, 0.717) is 12.8 Å². The number of sulfone groups is 1. The minimum atomic E-state index is -3.42. The van der Waals surface area contributed by atoms with E-state index in [0.717, 1.165) is 24.7 Å². The van der Waals surface area contributed by atoms with Crippen molar-refractivity contribution in [3.63, 3.8) is 0 Å². The van der Waals surface area contributed by atoms with Crippen LogP contribution in [-0.2, 0) is 25.0 Å². The molecule has 0 radical (unpaired) electrons. The summed E-state index contributed by atoms with van der Waals surface area (Å²) in [7, 11) is -2.01. The number of ether oxygens (including phenoxy) is 1. The molecule has 0 unspecified atom stereocenters. The highest BCUT2D eigenvalue weighted by molar-refractivity contribution is 7.90. The van der Waals surface area contributed by atoms with Crippen molar-refractivity contribution in [2.75, 3.05) is 19.9 Å². The predicted molar refractivity (Wildman–Crippen MR) is 93.3 cm³/mol. The number of benzene rings is 1. The maximum Gasteiger partial charge on any atom is 0.321 e. The van der Waals surface area contributed by atoms with Crippen molar-refractivity contribution in [1.29, 1.82) is 0 Å². The Kier molecular flexibility index (Phi) is 6.08. The second kappa shape index (κ2) is 7.72. The Bertz CT molecular complexity index is 773. The van der Waals surface area contributed by atoms with E-state index in [-0.39, 0.29) is 16.5 Å². The van der Waals surface area contributed by atoms with Gasteiger partial charge in [0.25, 0.3) is 5.91 Å². The normalized spacial score (nSPS) is 16.4. The molecule has 0 aromatic heterocycles. The molecule has 1 aromatic carbocycles. The Hall–Kier alpha value is -1.64. The first-order chi connectivity index (χ1) is 11.7. The number of halogens is 1. The molecule has 138 valence electrons. The fourth-order valence-electron chi connectivity index (χ4n) is 2.98. The van der Waals surface area contributed by atoms with Gasteiger partial charge in [-0.25, -0.2) is 13.2 Å². The minimum Gasteiger partial charge on any atom is -0.360 e. The smallest absolute Gasteiger partial charge is 0.321 e. The van der Waals surface area contributed by atoms with Gasteiger partial charge >= 0.3 is 6.03 Å². The zero-order valence-electron chi connectivity index (χ0n) is 14.1. The van der Waals surface area contributed by atoms with Crippen LogP contribution in [-0.4, -0.2) is 40.3 Å². The SMILES string of the molecule is CNC(=O)NC(=O)COC1(c2ccc(S(C)(=O)=O)c(Cl)c2)CCCC1. The highest BCUT2D eigenvalue weighted by atomic mass is 35.5. The average Bonchev–Trinajstić information content (AvgIpc) is 3.01. The monoisotopic (exact) mass is 388 g/mol. The molecule has 9 heteroatoms. The Morgan fingerprint density at radius 2 is 1.92 bits per heavy atom. The zero-order valence-corrected chi connectivity index (χ0v) is 15.7. The molecule has 1 aliphatic rings. The van der Waals surface area contributed by atoms with Crippen LogP contribution in [0.25, 0.3) is 0 Å². The summed E-state index contributed by atoms with van der Waals surface area (Å²) in [4.78, 5) is 23.0. The van der Waals surface area contributed by atoms with Crippen LogP contribution in [0.5, 0.6) is 0 Å². The third-order valence-electron chi connectivity index (χ3n) is 4.23.